The first-order chi connectivity index (χ1) is 9.81. The quantitative estimate of drug-likeness (QED) is 0.588. The molecule has 3 nitrogen and oxygen atoms in total. The molecule has 0 bridgehead atoms. The van der Waals surface area contributed by atoms with E-state index in [1.807, 2.05) is 19.1 Å². The van der Waals surface area contributed by atoms with E-state index in [2.05, 4.69) is 11.4 Å². The van der Waals surface area contributed by atoms with E-state index in [-0.39, 0.29) is 5.75 Å². The zero-order valence-corrected chi connectivity index (χ0v) is 12.3. The van der Waals surface area contributed by atoms with E-state index in [4.69, 9.17) is 4.74 Å². The minimum atomic E-state index is 0.263. The summed E-state index contributed by atoms with van der Waals surface area (Å²) in [5.74, 6) is 0.834. The van der Waals surface area contributed by atoms with Gasteiger partial charge in [0.05, 0.1) is 6.61 Å². The van der Waals surface area contributed by atoms with E-state index >= 15 is 0 Å². The number of benzene rings is 1. The molecule has 0 unspecified atom stereocenters. The lowest BCUT2D eigenvalue weighted by molar-refractivity contribution is 0.316. The van der Waals surface area contributed by atoms with E-state index in [0.717, 1.165) is 18.5 Å². The third kappa shape index (κ3) is 4.27. The van der Waals surface area contributed by atoms with Crippen LogP contribution in [-0.2, 0) is 6.54 Å². The van der Waals surface area contributed by atoms with Gasteiger partial charge in [-0.15, -0.1) is 0 Å². The highest BCUT2D eigenvalue weighted by atomic mass is 16.5. The number of allylic oxidation sites excluding steroid dienone is 1. The molecule has 0 amide bonds. The molecule has 0 heterocycles. The number of phenols is 1. The van der Waals surface area contributed by atoms with Crippen LogP contribution in [0, 0.1) is 0 Å². The van der Waals surface area contributed by atoms with Crippen LogP contribution in [0.4, 0.5) is 0 Å². The molecule has 0 radical (unpaired) electrons. The van der Waals surface area contributed by atoms with Gasteiger partial charge < -0.3 is 15.2 Å². The Morgan fingerprint density at radius 2 is 2.20 bits per heavy atom. The van der Waals surface area contributed by atoms with Crippen LogP contribution in [0.15, 0.2) is 29.8 Å². The predicted octanol–water partition coefficient (Wildman–Crippen LogP) is 3.77. The summed E-state index contributed by atoms with van der Waals surface area (Å²) in [6, 6.07) is 5.66. The molecule has 1 aromatic rings. The SMILES string of the molecule is CCOc1cccc(CNCCC2=CCCCC2)c1O. The van der Waals surface area contributed by atoms with Gasteiger partial charge in [-0.2, -0.15) is 0 Å². The Labute approximate surface area is 121 Å². The normalized spacial score (nSPS) is 14.9. The Morgan fingerprint density at radius 3 is 2.95 bits per heavy atom. The monoisotopic (exact) mass is 275 g/mol. The molecule has 0 atom stereocenters. The van der Waals surface area contributed by atoms with Crippen LogP contribution in [-0.4, -0.2) is 18.3 Å². The Hall–Kier alpha value is -1.48. The van der Waals surface area contributed by atoms with Crippen molar-refractivity contribution in [1.29, 1.82) is 0 Å². The molecule has 0 fully saturated rings. The van der Waals surface area contributed by atoms with Gasteiger partial charge in [0.25, 0.3) is 0 Å². The number of hydrogen-bond donors (Lipinski definition) is 2. The third-order valence-electron chi connectivity index (χ3n) is 3.71. The number of aromatic hydroxyl groups is 1. The van der Waals surface area contributed by atoms with E-state index < -0.39 is 0 Å². The highest BCUT2D eigenvalue weighted by Gasteiger charge is 2.07. The maximum absolute atomic E-state index is 10.1. The molecule has 1 aliphatic rings. The Balaban J connectivity index is 1.79. The van der Waals surface area contributed by atoms with Gasteiger partial charge in [-0.25, -0.2) is 0 Å². The smallest absolute Gasteiger partial charge is 0.162 e. The second-order valence-corrected chi connectivity index (χ2v) is 5.23. The maximum Gasteiger partial charge on any atom is 0.162 e. The highest BCUT2D eigenvalue weighted by Crippen LogP contribution is 2.29. The molecule has 0 aromatic heterocycles. The van der Waals surface area contributed by atoms with Gasteiger partial charge in [-0.05, 0) is 51.6 Å². The van der Waals surface area contributed by atoms with Crippen molar-refractivity contribution in [3.63, 3.8) is 0 Å². The molecular formula is C17H25NO2. The van der Waals surface area contributed by atoms with Gasteiger partial charge in [0.1, 0.15) is 0 Å². The second-order valence-electron chi connectivity index (χ2n) is 5.23. The Morgan fingerprint density at radius 1 is 1.30 bits per heavy atom. The molecule has 20 heavy (non-hydrogen) atoms. The molecule has 1 aliphatic carbocycles. The lowest BCUT2D eigenvalue weighted by atomic mass is 9.97. The summed E-state index contributed by atoms with van der Waals surface area (Å²) in [4.78, 5) is 0. The van der Waals surface area contributed by atoms with Crippen LogP contribution in [0.3, 0.4) is 0 Å². The summed E-state index contributed by atoms with van der Waals surface area (Å²) in [5.41, 5.74) is 2.48. The lowest BCUT2D eigenvalue weighted by Gasteiger charge is -2.14. The highest BCUT2D eigenvalue weighted by molar-refractivity contribution is 5.45. The fraction of sp³-hybridized carbons (Fsp3) is 0.529. The Bertz CT molecular complexity index is 454. The predicted molar refractivity (Wildman–Crippen MR) is 82.2 cm³/mol. The molecule has 110 valence electrons. The molecule has 2 rings (SSSR count). The van der Waals surface area contributed by atoms with E-state index in [1.165, 1.54) is 25.7 Å². The van der Waals surface area contributed by atoms with Gasteiger partial charge in [-0.3, -0.25) is 0 Å². The van der Waals surface area contributed by atoms with Crippen LogP contribution in [0.1, 0.15) is 44.6 Å². The summed E-state index contributed by atoms with van der Waals surface area (Å²) in [7, 11) is 0. The van der Waals surface area contributed by atoms with Crippen LogP contribution in [0.2, 0.25) is 0 Å². The number of para-hydroxylation sites is 1. The molecule has 0 saturated carbocycles. The zero-order chi connectivity index (χ0) is 14.2. The van der Waals surface area contributed by atoms with Crippen molar-refractivity contribution in [2.75, 3.05) is 13.2 Å². The van der Waals surface area contributed by atoms with Crippen molar-refractivity contribution in [2.24, 2.45) is 0 Å². The number of nitrogens with one attached hydrogen (secondary N) is 1. The van der Waals surface area contributed by atoms with Crippen molar-refractivity contribution in [3.8, 4) is 11.5 Å². The molecule has 0 spiro atoms. The van der Waals surface area contributed by atoms with Crippen molar-refractivity contribution in [1.82, 2.24) is 5.32 Å². The first-order valence-electron chi connectivity index (χ1n) is 7.63. The summed E-state index contributed by atoms with van der Waals surface area (Å²) >= 11 is 0. The molecule has 0 saturated heterocycles. The zero-order valence-electron chi connectivity index (χ0n) is 12.3. The summed E-state index contributed by atoms with van der Waals surface area (Å²) in [6.07, 6.45) is 8.68. The minimum Gasteiger partial charge on any atom is -0.504 e. The summed E-state index contributed by atoms with van der Waals surface area (Å²) < 4.78 is 5.39. The van der Waals surface area contributed by atoms with Crippen molar-refractivity contribution in [3.05, 3.63) is 35.4 Å². The first kappa shape index (κ1) is 14.9. The fourth-order valence-corrected chi connectivity index (χ4v) is 2.59. The fourth-order valence-electron chi connectivity index (χ4n) is 2.59. The van der Waals surface area contributed by atoms with Gasteiger partial charge in [0.15, 0.2) is 11.5 Å². The first-order valence-corrected chi connectivity index (χ1v) is 7.63. The van der Waals surface area contributed by atoms with Crippen LogP contribution in [0.25, 0.3) is 0 Å². The third-order valence-corrected chi connectivity index (χ3v) is 3.71. The average Bonchev–Trinajstić information content (AvgIpc) is 2.48. The van der Waals surface area contributed by atoms with Crippen LogP contribution >= 0.6 is 0 Å². The van der Waals surface area contributed by atoms with Crippen molar-refractivity contribution < 1.29 is 9.84 Å². The van der Waals surface area contributed by atoms with Gasteiger partial charge >= 0.3 is 0 Å². The number of phenolic OH excluding ortho intramolecular Hbond substituents is 1. The maximum atomic E-state index is 10.1. The average molecular weight is 275 g/mol. The van der Waals surface area contributed by atoms with Gasteiger partial charge in [0.2, 0.25) is 0 Å². The van der Waals surface area contributed by atoms with Crippen LogP contribution < -0.4 is 10.1 Å². The minimum absolute atomic E-state index is 0.263. The summed E-state index contributed by atoms with van der Waals surface area (Å²) in [6.45, 7) is 4.13. The number of rotatable bonds is 7. The topological polar surface area (TPSA) is 41.5 Å². The molecule has 0 aliphatic heterocycles. The Kier molecular flexibility index (Phi) is 5.93. The van der Waals surface area contributed by atoms with Gasteiger partial charge in [0, 0.05) is 12.1 Å². The van der Waals surface area contributed by atoms with Crippen LogP contribution in [0.5, 0.6) is 11.5 Å². The van der Waals surface area contributed by atoms with E-state index in [0.29, 0.717) is 18.9 Å². The molecule has 1 aromatic carbocycles. The summed E-state index contributed by atoms with van der Waals surface area (Å²) in [5, 5.41) is 13.5. The van der Waals surface area contributed by atoms with E-state index in [1.54, 1.807) is 11.6 Å². The number of ether oxygens (including phenoxy) is 1. The molecular weight excluding hydrogens is 250 g/mol. The van der Waals surface area contributed by atoms with E-state index in [9.17, 15) is 5.11 Å². The number of hydrogen-bond acceptors (Lipinski definition) is 3. The lowest BCUT2D eigenvalue weighted by Crippen LogP contribution is -2.16. The molecule has 2 N–H and O–H groups in total. The molecule has 3 heteroatoms. The van der Waals surface area contributed by atoms with Gasteiger partial charge in [-0.1, -0.05) is 23.8 Å². The largest absolute Gasteiger partial charge is 0.504 e. The van der Waals surface area contributed by atoms with Crippen molar-refractivity contribution >= 4 is 0 Å². The van der Waals surface area contributed by atoms with Crippen molar-refractivity contribution in [2.45, 2.75) is 45.6 Å². The standard InChI is InChI=1S/C17H25NO2/c1-2-20-16-10-6-9-15(17(16)19)13-18-12-11-14-7-4-3-5-8-14/h6-7,9-10,18-19H,2-5,8,11-13H2,1H3. The second kappa shape index (κ2) is 7.95.